The third-order valence-electron chi connectivity index (χ3n) is 5.76. The molecule has 0 aliphatic carbocycles. The number of esters is 2. The van der Waals surface area contributed by atoms with Crippen LogP contribution in [0.4, 0.5) is 0 Å². The van der Waals surface area contributed by atoms with E-state index < -0.39 is 0 Å². The molecular weight excluding hydrogens is 376 g/mol. The predicted molar refractivity (Wildman–Crippen MR) is 126 cm³/mol. The average Bonchev–Trinajstić information content (AvgIpc) is 2.75. The van der Waals surface area contributed by atoms with Crippen LogP contribution in [0, 0.1) is 5.92 Å². The number of unbranched alkanes of at least 4 members (excludes halogenated alkanes) is 12. The van der Waals surface area contributed by atoms with E-state index in [1.807, 2.05) is 0 Å². The Bertz CT molecular complexity index is 394. The first-order valence-electron chi connectivity index (χ1n) is 13.0. The SMILES string of the molecule is CCCCCOC(=O)CCCCCCCCCCCC(CC)C(=O)OCCCCC. The van der Waals surface area contributed by atoms with Crippen molar-refractivity contribution in [3.8, 4) is 0 Å². The molecule has 0 aliphatic rings. The third-order valence-corrected chi connectivity index (χ3v) is 5.76. The van der Waals surface area contributed by atoms with Crippen LogP contribution >= 0.6 is 0 Å². The number of hydrogen-bond acceptors (Lipinski definition) is 4. The van der Waals surface area contributed by atoms with Crippen molar-refractivity contribution in [2.24, 2.45) is 5.92 Å². The molecule has 0 saturated carbocycles. The lowest BCUT2D eigenvalue weighted by Crippen LogP contribution is -2.17. The van der Waals surface area contributed by atoms with E-state index in [4.69, 9.17) is 9.47 Å². The molecule has 0 N–H and O–H groups in total. The molecule has 178 valence electrons. The van der Waals surface area contributed by atoms with Gasteiger partial charge in [-0.25, -0.2) is 0 Å². The van der Waals surface area contributed by atoms with Crippen molar-refractivity contribution in [3.05, 3.63) is 0 Å². The van der Waals surface area contributed by atoms with Gasteiger partial charge in [0.2, 0.25) is 0 Å². The van der Waals surface area contributed by atoms with Crippen molar-refractivity contribution in [2.45, 2.75) is 136 Å². The summed E-state index contributed by atoms with van der Waals surface area (Å²) in [6.07, 6.45) is 19.7. The summed E-state index contributed by atoms with van der Waals surface area (Å²) in [5.74, 6) is 0.0738. The number of rotatable bonds is 22. The first kappa shape index (κ1) is 28.9. The molecule has 0 aromatic heterocycles. The summed E-state index contributed by atoms with van der Waals surface area (Å²) >= 11 is 0. The maximum absolute atomic E-state index is 12.1. The maximum atomic E-state index is 12.1. The van der Waals surface area contributed by atoms with Crippen LogP contribution < -0.4 is 0 Å². The number of ether oxygens (including phenoxy) is 2. The largest absolute Gasteiger partial charge is 0.466 e. The second-order valence-corrected chi connectivity index (χ2v) is 8.63. The van der Waals surface area contributed by atoms with Gasteiger partial charge < -0.3 is 9.47 Å². The first-order chi connectivity index (χ1) is 14.7. The smallest absolute Gasteiger partial charge is 0.308 e. The van der Waals surface area contributed by atoms with Crippen LogP contribution in [0.3, 0.4) is 0 Å². The Hall–Kier alpha value is -1.06. The Balaban J connectivity index is 3.43. The van der Waals surface area contributed by atoms with Crippen molar-refractivity contribution in [3.63, 3.8) is 0 Å². The fourth-order valence-electron chi connectivity index (χ4n) is 3.64. The molecule has 0 bridgehead atoms. The molecule has 4 nitrogen and oxygen atoms in total. The molecule has 1 atom stereocenters. The van der Waals surface area contributed by atoms with Crippen LogP contribution in [0.5, 0.6) is 0 Å². The molecule has 0 aromatic rings. The monoisotopic (exact) mass is 426 g/mol. The Kier molecular flexibility index (Phi) is 21.8. The molecule has 4 heteroatoms. The number of hydrogen-bond donors (Lipinski definition) is 0. The predicted octanol–water partition coefficient (Wildman–Crippen LogP) is 7.77. The van der Waals surface area contributed by atoms with Crippen LogP contribution in [0.2, 0.25) is 0 Å². The van der Waals surface area contributed by atoms with Gasteiger partial charge in [0, 0.05) is 6.42 Å². The normalized spacial score (nSPS) is 12.0. The van der Waals surface area contributed by atoms with Gasteiger partial charge in [0.15, 0.2) is 0 Å². The van der Waals surface area contributed by atoms with E-state index in [0.29, 0.717) is 19.6 Å². The zero-order valence-corrected chi connectivity index (χ0v) is 20.4. The lowest BCUT2D eigenvalue weighted by atomic mass is 9.98. The standard InChI is InChI=1S/C26H50O4/c1-4-7-18-22-29-25(27)21-17-15-13-11-9-10-12-14-16-20-24(6-3)26(28)30-23-19-8-5-2/h24H,4-23H2,1-3H3. The van der Waals surface area contributed by atoms with E-state index in [0.717, 1.165) is 70.6 Å². The highest BCUT2D eigenvalue weighted by molar-refractivity contribution is 5.72. The minimum atomic E-state index is -0.0265. The maximum Gasteiger partial charge on any atom is 0.308 e. The lowest BCUT2D eigenvalue weighted by Gasteiger charge is -2.14. The van der Waals surface area contributed by atoms with E-state index >= 15 is 0 Å². The van der Waals surface area contributed by atoms with E-state index in [1.165, 1.54) is 38.5 Å². The quantitative estimate of drug-likeness (QED) is 0.131. The van der Waals surface area contributed by atoms with Crippen molar-refractivity contribution in [1.82, 2.24) is 0 Å². The molecule has 30 heavy (non-hydrogen) atoms. The van der Waals surface area contributed by atoms with Gasteiger partial charge in [0.1, 0.15) is 0 Å². The van der Waals surface area contributed by atoms with E-state index in [-0.39, 0.29) is 17.9 Å². The van der Waals surface area contributed by atoms with Crippen LogP contribution in [0.1, 0.15) is 136 Å². The summed E-state index contributed by atoms with van der Waals surface area (Å²) in [6.45, 7) is 7.57. The summed E-state index contributed by atoms with van der Waals surface area (Å²) in [5, 5.41) is 0. The molecule has 0 heterocycles. The first-order valence-corrected chi connectivity index (χ1v) is 13.0. The van der Waals surface area contributed by atoms with Crippen molar-refractivity contribution in [2.75, 3.05) is 13.2 Å². The molecule has 0 fully saturated rings. The van der Waals surface area contributed by atoms with Crippen LogP contribution in [0.15, 0.2) is 0 Å². The summed E-state index contributed by atoms with van der Waals surface area (Å²) < 4.78 is 10.6. The Morgan fingerprint density at radius 3 is 1.63 bits per heavy atom. The molecule has 0 saturated heterocycles. The van der Waals surface area contributed by atoms with E-state index in [1.54, 1.807) is 0 Å². The molecule has 0 amide bonds. The lowest BCUT2D eigenvalue weighted by molar-refractivity contribution is -0.149. The Labute approximate surface area is 186 Å². The highest BCUT2D eigenvalue weighted by atomic mass is 16.5. The molecule has 0 aliphatic heterocycles. The van der Waals surface area contributed by atoms with Crippen LogP contribution in [-0.2, 0) is 19.1 Å². The van der Waals surface area contributed by atoms with Crippen LogP contribution in [-0.4, -0.2) is 25.2 Å². The second kappa shape index (κ2) is 22.6. The summed E-state index contributed by atoms with van der Waals surface area (Å²) in [4.78, 5) is 23.7. The second-order valence-electron chi connectivity index (χ2n) is 8.63. The molecule has 0 spiro atoms. The van der Waals surface area contributed by atoms with Gasteiger partial charge in [-0.3, -0.25) is 9.59 Å². The zero-order valence-electron chi connectivity index (χ0n) is 20.4. The number of carbonyl (C=O) groups is 2. The van der Waals surface area contributed by atoms with E-state index in [2.05, 4.69) is 20.8 Å². The van der Waals surface area contributed by atoms with Gasteiger partial charge in [0.05, 0.1) is 19.1 Å². The molecule has 0 aromatic carbocycles. The van der Waals surface area contributed by atoms with Gasteiger partial charge in [-0.2, -0.15) is 0 Å². The molecule has 1 unspecified atom stereocenters. The zero-order chi connectivity index (χ0) is 22.3. The van der Waals surface area contributed by atoms with Crippen molar-refractivity contribution < 1.29 is 19.1 Å². The molecule has 0 radical (unpaired) electrons. The highest BCUT2D eigenvalue weighted by Gasteiger charge is 2.17. The Morgan fingerprint density at radius 1 is 0.600 bits per heavy atom. The highest BCUT2D eigenvalue weighted by Crippen LogP contribution is 2.17. The molecule has 0 rings (SSSR count). The van der Waals surface area contributed by atoms with Gasteiger partial charge in [-0.05, 0) is 32.1 Å². The minimum absolute atomic E-state index is 0.0124. The third kappa shape index (κ3) is 18.9. The summed E-state index contributed by atoms with van der Waals surface area (Å²) in [7, 11) is 0. The number of carbonyl (C=O) groups excluding carboxylic acids is 2. The van der Waals surface area contributed by atoms with Gasteiger partial charge in [-0.15, -0.1) is 0 Å². The van der Waals surface area contributed by atoms with Gasteiger partial charge in [-0.1, -0.05) is 97.8 Å². The fraction of sp³-hybridized carbons (Fsp3) is 0.923. The minimum Gasteiger partial charge on any atom is -0.466 e. The van der Waals surface area contributed by atoms with E-state index in [9.17, 15) is 9.59 Å². The Morgan fingerprint density at radius 2 is 1.10 bits per heavy atom. The van der Waals surface area contributed by atoms with Crippen LogP contribution in [0.25, 0.3) is 0 Å². The summed E-state index contributed by atoms with van der Waals surface area (Å²) in [6, 6.07) is 0. The van der Waals surface area contributed by atoms with Crippen molar-refractivity contribution >= 4 is 11.9 Å². The van der Waals surface area contributed by atoms with Gasteiger partial charge in [0.25, 0.3) is 0 Å². The molecular formula is C26H50O4. The average molecular weight is 427 g/mol. The fourth-order valence-corrected chi connectivity index (χ4v) is 3.64. The van der Waals surface area contributed by atoms with Crippen molar-refractivity contribution in [1.29, 1.82) is 0 Å². The topological polar surface area (TPSA) is 52.6 Å². The van der Waals surface area contributed by atoms with Gasteiger partial charge >= 0.3 is 11.9 Å². The summed E-state index contributed by atoms with van der Waals surface area (Å²) in [5.41, 5.74) is 0.